The highest BCUT2D eigenvalue weighted by Gasteiger charge is 2.24. The predicted molar refractivity (Wildman–Crippen MR) is 67.2 cm³/mol. The molecule has 2 N–H and O–H groups in total. The van der Waals surface area contributed by atoms with E-state index in [-0.39, 0.29) is 5.97 Å². The minimum Gasteiger partial charge on any atom is -0.469 e. The number of ether oxygens (including phenoxy) is 1. The Morgan fingerprint density at radius 1 is 1.38 bits per heavy atom. The number of hydrogen-bond acceptors (Lipinski definition) is 3. The van der Waals surface area contributed by atoms with Crippen LogP contribution >= 0.6 is 12.2 Å². The molecule has 1 saturated heterocycles. The van der Waals surface area contributed by atoms with Crippen molar-refractivity contribution in [1.29, 1.82) is 0 Å². The van der Waals surface area contributed by atoms with Crippen molar-refractivity contribution in [3.63, 3.8) is 0 Å². The molecule has 5 heteroatoms. The molecule has 1 fully saturated rings. The van der Waals surface area contributed by atoms with Crippen LogP contribution in [0.25, 0.3) is 0 Å². The summed E-state index contributed by atoms with van der Waals surface area (Å²) >= 11 is 5.04. The first-order valence-electron chi connectivity index (χ1n) is 5.77. The molecular weight excluding hydrogens is 224 g/mol. The van der Waals surface area contributed by atoms with Crippen LogP contribution in [0.1, 0.15) is 39.0 Å². The quantitative estimate of drug-likeness (QED) is 0.419. The van der Waals surface area contributed by atoms with Crippen LogP contribution in [0.15, 0.2) is 0 Å². The van der Waals surface area contributed by atoms with Gasteiger partial charge in [0.05, 0.1) is 7.11 Å². The van der Waals surface area contributed by atoms with Crippen LogP contribution in [0.2, 0.25) is 0 Å². The molecule has 92 valence electrons. The first-order valence-corrected chi connectivity index (χ1v) is 6.18. The minimum atomic E-state index is -0.116. The first-order chi connectivity index (χ1) is 7.63. The van der Waals surface area contributed by atoms with E-state index in [1.54, 1.807) is 0 Å². The SMILES string of the molecule is COC(=O)CCCCCC1NC(=S)NC1C. The number of esters is 1. The molecule has 0 aliphatic carbocycles. The van der Waals surface area contributed by atoms with E-state index in [1.165, 1.54) is 7.11 Å². The van der Waals surface area contributed by atoms with Crippen LogP contribution in [0.4, 0.5) is 0 Å². The van der Waals surface area contributed by atoms with E-state index in [1.807, 2.05) is 0 Å². The van der Waals surface area contributed by atoms with Crippen molar-refractivity contribution < 1.29 is 9.53 Å². The van der Waals surface area contributed by atoms with Crippen molar-refractivity contribution in [2.75, 3.05) is 7.11 Å². The third kappa shape index (κ3) is 4.35. The van der Waals surface area contributed by atoms with Gasteiger partial charge in [0.25, 0.3) is 0 Å². The number of thiocarbonyl (C=S) groups is 1. The third-order valence-corrected chi connectivity index (χ3v) is 3.14. The Hall–Kier alpha value is -0.840. The summed E-state index contributed by atoms with van der Waals surface area (Å²) in [5, 5.41) is 7.18. The molecule has 0 bridgehead atoms. The molecule has 4 nitrogen and oxygen atoms in total. The summed E-state index contributed by atoms with van der Waals surface area (Å²) in [5.41, 5.74) is 0. The maximum Gasteiger partial charge on any atom is 0.305 e. The summed E-state index contributed by atoms with van der Waals surface area (Å²) in [6.07, 6.45) is 4.71. The minimum absolute atomic E-state index is 0.116. The van der Waals surface area contributed by atoms with Crippen LogP contribution in [0.5, 0.6) is 0 Å². The standard InChI is InChI=1S/C11H20N2O2S/c1-8-9(13-11(16)12-8)6-4-3-5-7-10(14)15-2/h8-9H,3-7H2,1-2H3,(H2,12,13,16). The summed E-state index contributed by atoms with van der Waals surface area (Å²) in [6, 6.07) is 0.846. The van der Waals surface area contributed by atoms with Crippen LogP contribution in [0.3, 0.4) is 0 Å². The molecule has 0 amide bonds. The molecule has 16 heavy (non-hydrogen) atoms. The normalized spacial score (nSPS) is 23.8. The number of carbonyl (C=O) groups excluding carboxylic acids is 1. The second-order valence-corrected chi connectivity index (χ2v) is 4.60. The molecule has 0 aromatic heterocycles. The number of unbranched alkanes of at least 4 members (excludes halogenated alkanes) is 2. The highest BCUT2D eigenvalue weighted by atomic mass is 32.1. The maximum atomic E-state index is 10.9. The second-order valence-electron chi connectivity index (χ2n) is 4.19. The van der Waals surface area contributed by atoms with Crippen LogP contribution in [-0.2, 0) is 9.53 Å². The number of rotatable bonds is 6. The molecule has 0 spiro atoms. The van der Waals surface area contributed by atoms with E-state index in [0.717, 1.165) is 30.8 Å². The van der Waals surface area contributed by atoms with Gasteiger partial charge >= 0.3 is 5.97 Å². The monoisotopic (exact) mass is 244 g/mol. The molecule has 1 rings (SSSR count). The molecule has 1 aliphatic rings. The largest absolute Gasteiger partial charge is 0.469 e. The van der Waals surface area contributed by atoms with E-state index in [9.17, 15) is 4.79 Å². The molecule has 2 unspecified atom stereocenters. The van der Waals surface area contributed by atoms with Crippen LogP contribution in [-0.4, -0.2) is 30.3 Å². The summed E-state index contributed by atoms with van der Waals surface area (Å²) in [5.74, 6) is -0.116. The van der Waals surface area contributed by atoms with Crippen LogP contribution < -0.4 is 10.6 Å². The zero-order valence-corrected chi connectivity index (χ0v) is 10.7. The van der Waals surface area contributed by atoms with Crippen molar-refractivity contribution in [2.45, 2.75) is 51.1 Å². The van der Waals surface area contributed by atoms with Gasteiger partial charge in [-0.1, -0.05) is 12.8 Å². The topological polar surface area (TPSA) is 50.4 Å². The average molecular weight is 244 g/mol. The van der Waals surface area contributed by atoms with Gasteiger partial charge in [0.15, 0.2) is 5.11 Å². The highest BCUT2D eigenvalue weighted by Crippen LogP contribution is 2.11. The van der Waals surface area contributed by atoms with E-state index in [4.69, 9.17) is 12.2 Å². The highest BCUT2D eigenvalue weighted by molar-refractivity contribution is 7.80. The molecule has 2 atom stereocenters. The Bertz CT molecular complexity index is 258. The van der Waals surface area contributed by atoms with Gasteiger partial charge in [-0.3, -0.25) is 4.79 Å². The van der Waals surface area contributed by atoms with Gasteiger partial charge in [-0.2, -0.15) is 0 Å². The number of nitrogens with one attached hydrogen (secondary N) is 2. The lowest BCUT2D eigenvalue weighted by atomic mass is 10.0. The smallest absolute Gasteiger partial charge is 0.305 e. The molecule has 0 aromatic rings. The molecule has 1 heterocycles. The zero-order chi connectivity index (χ0) is 12.0. The first kappa shape index (κ1) is 13.2. The lowest BCUT2D eigenvalue weighted by molar-refractivity contribution is -0.140. The van der Waals surface area contributed by atoms with Gasteiger partial charge in [0, 0.05) is 18.5 Å². The fourth-order valence-corrected chi connectivity index (χ4v) is 2.21. The zero-order valence-electron chi connectivity index (χ0n) is 9.91. The Labute approximate surface area is 102 Å². The van der Waals surface area contributed by atoms with E-state index in [0.29, 0.717) is 18.5 Å². The Kier molecular flexibility index (Phi) is 5.52. The van der Waals surface area contributed by atoms with Crippen molar-refractivity contribution in [1.82, 2.24) is 10.6 Å². The Balaban J connectivity index is 2.03. The van der Waals surface area contributed by atoms with Crippen molar-refractivity contribution >= 4 is 23.3 Å². The summed E-state index contributed by atoms with van der Waals surface area (Å²) < 4.78 is 4.58. The second kappa shape index (κ2) is 6.68. The Morgan fingerprint density at radius 3 is 2.69 bits per heavy atom. The molecule has 0 saturated carbocycles. The van der Waals surface area contributed by atoms with E-state index < -0.39 is 0 Å². The van der Waals surface area contributed by atoms with Crippen LogP contribution in [0, 0.1) is 0 Å². The summed E-state index contributed by atoms with van der Waals surface area (Å²) in [4.78, 5) is 10.9. The molecule has 0 radical (unpaired) electrons. The molecular formula is C11H20N2O2S. The molecule has 1 aliphatic heterocycles. The summed E-state index contributed by atoms with van der Waals surface area (Å²) in [6.45, 7) is 2.13. The van der Waals surface area contributed by atoms with Gasteiger partial charge in [-0.05, 0) is 32.0 Å². The maximum absolute atomic E-state index is 10.9. The van der Waals surface area contributed by atoms with Gasteiger partial charge in [-0.25, -0.2) is 0 Å². The average Bonchev–Trinajstić information content (AvgIpc) is 2.56. The van der Waals surface area contributed by atoms with Crippen molar-refractivity contribution in [3.05, 3.63) is 0 Å². The van der Waals surface area contributed by atoms with Crippen molar-refractivity contribution in [2.24, 2.45) is 0 Å². The number of carbonyl (C=O) groups is 1. The predicted octanol–water partition coefficient (Wildman–Crippen LogP) is 1.34. The lowest BCUT2D eigenvalue weighted by Gasteiger charge is -2.13. The van der Waals surface area contributed by atoms with Gasteiger partial charge in [0.1, 0.15) is 0 Å². The number of methoxy groups -OCH3 is 1. The van der Waals surface area contributed by atoms with E-state index in [2.05, 4.69) is 22.3 Å². The van der Waals surface area contributed by atoms with Gasteiger partial charge in [0.2, 0.25) is 0 Å². The Morgan fingerprint density at radius 2 is 2.12 bits per heavy atom. The number of hydrogen-bond donors (Lipinski definition) is 2. The lowest BCUT2D eigenvalue weighted by Crippen LogP contribution is -2.30. The van der Waals surface area contributed by atoms with Crippen molar-refractivity contribution in [3.8, 4) is 0 Å². The summed E-state index contributed by atoms with van der Waals surface area (Å²) in [7, 11) is 1.43. The third-order valence-electron chi connectivity index (χ3n) is 2.90. The van der Waals surface area contributed by atoms with Gasteiger partial charge in [-0.15, -0.1) is 0 Å². The van der Waals surface area contributed by atoms with Gasteiger partial charge < -0.3 is 15.4 Å². The fraction of sp³-hybridized carbons (Fsp3) is 0.818. The van der Waals surface area contributed by atoms with E-state index >= 15 is 0 Å². The fourth-order valence-electron chi connectivity index (χ4n) is 1.88. The molecule has 0 aromatic carbocycles.